The van der Waals surface area contributed by atoms with Gasteiger partial charge in [0.2, 0.25) is 0 Å². The van der Waals surface area contributed by atoms with Crippen molar-refractivity contribution in [3.05, 3.63) is 58.4 Å². The highest BCUT2D eigenvalue weighted by molar-refractivity contribution is 6.00. The summed E-state index contributed by atoms with van der Waals surface area (Å²) in [7, 11) is 0. The summed E-state index contributed by atoms with van der Waals surface area (Å²) >= 11 is 0. The second-order valence-electron chi connectivity index (χ2n) is 10.3. The zero-order valence-corrected chi connectivity index (χ0v) is 24.3. The van der Waals surface area contributed by atoms with Gasteiger partial charge in [0.15, 0.2) is 23.6 Å². The third kappa shape index (κ3) is 7.27. The van der Waals surface area contributed by atoms with Gasteiger partial charge in [0.05, 0.1) is 17.4 Å². The van der Waals surface area contributed by atoms with E-state index in [0.29, 0.717) is 11.1 Å². The summed E-state index contributed by atoms with van der Waals surface area (Å²) in [6, 6.07) is 5.38. The van der Waals surface area contributed by atoms with E-state index in [1.165, 1.54) is 13.1 Å². The first-order chi connectivity index (χ1) is 19.3. The molecule has 1 amide bonds. The fraction of sp³-hybridized carbons (Fsp3) is 0.467. The van der Waals surface area contributed by atoms with Crippen LogP contribution in [0.3, 0.4) is 0 Å². The van der Waals surface area contributed by atoms with Gasteiger partial charge in [-0.1, -0.05) is 32.9 Å². The summed E-state index contributed by atoms with van der Waals surface area (Å²) in [5.41, 5.74) is 2.18. The summed E-state index contributed by atoms with van der Waals surface area (Å²) in [4.78, 5) is 68.7. The molecule has 3 rings (SSSR count). The maximum absolute atomic E-state index is 13.3. The van der Waals surface area contributed by atoms with Crippen LogP contribution in [-0.2, 0) is 28.6 Å². The van der Waals surface area contributed by atoms with Crippen LogP contribution in [0.25, 0.3) is 0 Å². The van der Waals surface area contributed by atoms with Gasteiger partial charge in [-0.3, -0.25) is 14.4 Å². The fourth-order valence-corrected chi connectivity index (χ4v) is 4.26. The van der Waals surface area contributed by atoms with Crippen LogP contribution in [0, 0.1) is 32.6 Å². The summed E-state index contributed by atoms with van der Waals surface area (Å²) in [6.45, 7) is 11.3. The average molecular weight is 569 g/mol. The Hall–Kier alpha value is -4.28. The van der Waals surface area contributed by atoms with Crippen LogP contribution in [0.15, 0.2) is 30.5 Å². The lowest BCUT2D eigenvalue weighted by molar-refractivity contribution is -0.176. The SMILES string of the molecule is CC[C@H]1C(=O)OC[C@H](NC(=O)c2nccc(C)c2OC(=O)c2cccc(C)c2C)C(=O)O[C@@H](C)[C@@H]1OC(=O)C(C)C. The van der Waals surface area contributed by atoms with E-state index in [-0.39, 0.29) is 17.9 Å². The zero-order valence-electron chi connectivity index (χ0n) is 24.3. The molecular formula is C30H36N2O9. The van der Waals surface area contributed by atoms with Gasteiger partial charge in [0, 0.05) is 6.20 Å². The monoisotopic (exact) mass is 568 g/mol. The molecule has 1 aliphatic heterocycles. The van der Waals surface area contributed by atoms with E-state index in [9.17, 15) is 24.0 Å². The second-order valence-corrected chi connectivity index (χ2v) is 10.3. The maximum Gasteiger partial charge on any atom is 0.343 e. The van der Waals surface area contributed by atoms with Crippen LogP contribution in [0.4, 0.5) is 0 Å². The minimum absolute atomic E-state index is 0.0792. The molecule has 2 heterocycles. The molecule has 11 heteroatoms. The van der Waals surface area contributed by atoms with E-state index < -0.39 is 66.5 Å². The predicted molar refractivity (Wildman–Crippen MR) is 146 cm³/mol. The molecule has 220 valence electrons. The molecule has 0 saturated carbocycles. The smallest absolute Gasteiger partial charge is 0.343 e. The van der Waals surface area contributed by atoms with E-state index in [1.54, 1.807) is 52.8 Å². The number of ether oxygens (including phenoxy) is 4. The Balaban J connectivity index is 1.85. The number of hydrogen-bond donors (Lipinski definition) is 1. The van der Waals surface area contributed by atoms with Gasteiger partial charge in [0.1, 0.15) is 12.7 Å². The van der Waals surface area contributed by atoms with E-state index in [0.717, 1.165) is 11.1 Å². The van der Waals surface area contributed by atoms with Crippen LogP contribution in [0.5, 0.6) is 5.75 Å². The van der Waals surface area contributed by atoms with Crippen molar-refractivity contribution < 1.29 is 42.9 Å². The summed E-state index contributed by atoms with van der Waals surface area (Å²) in [6.07, 6.45) is -0.458. The first-order valence-electron chi connectivity index (χ1n) is 13.5. The van der Waals surface area contributed by atoms with Crippen LogP contribution >= 0.6 is 0 Å². The Morgan fingerprint density at radius 2 is 1.78 bits per heavy atom. The van der Waals surface area contributed by atoms with Gasteiger partial charge in [-0.15, -0.1) is 0 Å². The molecule has 2 aromatic rings. The second kappa shape index (κ2) is 13.4. The minimum Gasteiger partial charge on any atom is -0.463 e. The van der Waals surface area contributed by atoms with E-state index in [4.69, 9.17) is 18.9 Å². The first kappa shape index (κ1) is 31.3. The number of benzene rings is 1. The molecule has 1 aromatic heterocycles. The lowest BCUT2D eigenvalue weighted by Crippen LogP contribution is -2.47. The number of nitrogens with zero attached hydrogens (tertiary/aromatic N) is 1. The van der Waals surface area contributed by atoms with Crippen molar-refractivity contribution in [3.63, 3.8) is 0 Å². The van der Waals surface area contributed by atoms with Gasteiger partial charge < -0.3 is 24.3 Å². The Labute approximate surface area is 238 Å². The van der Waals surface area contributed by atoms with Crippen molar-refractivity contribution in [2.45, 2.75) is 73.1 Å². The first-order valence-corrected chi connectivity index (χ1v) is 13.5. The number of hydrogen-bond acceptors (Lipinski definition) is 10. The third-order valence-corrected chi connectivity index (χ3v) is 6.95. The Kier molecular flexibility index (Phi) is 10.2. The van der Waals surface area contributed by atoms with Crippen molar-refractivity contribution in [1.29, 1.82) is 0 Å². The molecule has 0 aliphatic carbocycles. The summed E-state index contributed by atoms with van der Waals surface area (Å²) in [5.74, 6) is -5.11. The van der Waals surface area contributed by atoms with Gasteiger partial charge in [-0.05, 0) is 62.9 Å². The van der Waals surface area contributed by atoms with Crippen molar-refractivity contribution in [1.82, 2.24) is 10.3 Å². The van der Waals surface area contributed by atoms with Gasteiger partial charge in [-0.2, -0.15) is 0 Å². The molecule has 1 aromatic carbocycles. The number of pyridine rings is 1. The van der Waals surface area contributed by atoms with Crippen LogP contribution in [0.1, 0.15) is 71.7 Å². The number of rotatable bonds is 7. The molecule has 1 N–H and O–H groups in total. The average Bonchev–Trinajstić information content (AvgIpc) is 2.95. The molecule has 11 nitrogen and oxygen atoms in total. The Morgan fingerprint density at radius 1 is 1.07 bits per heavy atom. The summed E-state index contributed by atoms with van der Waals surface area (Å²) < 4.78 is 22.0. The molecule has 0 spiro atoms. The van der Waals surface area contributed by atoms with E-state index >= 15 is 0 Å². The number of esters is 4. The number of carbonyl (C=O) groups is 5. The molecule has 41 heavy (non-hydrogen) atoms. The highest BCUT2D eigenvalue weighted by Gasteiger charge is 2.41. The number of aryl methyl sites for hydroxylation is 2. The zero-order chi connectivity index (χ0) is 30.4. The van der Waals surface area contributed by atoms with E-state index in [2.05, 4.69) is 10.3 Å². The van der Waals surface area contributed by atoms with Gasteiger partial charge >= 0.3 is 23.9 Å². The molecule has 0 bridgehead atoms. The van der Waals surface area contributed by atoms with Crippen LogP contribution in [0.2, 0.25) is 0 Å². The highest BCUT2D eigenvalue weighted by atomic mass is 16.6. The van der Waals surface area contributed by atoms with Crippen LogP contribution in [-0.4, -0.2) is 59.6 Å². The quantitative estimate of drug-likeness (QED) is 0.389. The van der Waals surface area contributed by atoms with Crippen molar-refractivity contribution in [2.24, 2.45) is 11.8 Å². The van der Waals surface area contributed by atoms with Gasteiger partial charge in [0.25, 0.3) is 5.91 Å². The fourth-order valence-electron chi connectivity index (χ4n) is 4.26. The Bertz CT molecular complexity index is 1340. The molecule has 4 atom stereocenters. The minimum atomic E-state index is -1.41. The third-order valence-electron chi connectivity index (χ3n) is 6.95. The number of cyclic esters (lactones) is 2. The molecule has 0 radical (unpaired) electrons. The topological polar surface area (TPSA) is 147 Å². The van der Waals surface area contributed by atoms with Crippen molar-refractivity contribution in [3.8, 4) is 5.75 Å². The maximum atomic E-state index is 13.3. The van der Waals surface area contributed by atoms with Crippen LogP contribution < -0.4 is 10.1 Å². The molecular weight excluding hydrogens is 532 g/mol. The predicted octanol–water partition coefficient (Wildman–Crippen LogP) is 3.41. The number of carbonyl (C=O) groups excluding carboxylic acids is 5. The number of nitrogens with one attached hydrogen (secondary N) is 1. The molecule has 1 aliphatic rings. The van der Waals surface area contributed by atoms with E-state index in [1.807, 2.05) is 13.0 Å². The number of amides is 1. The lowest BCUT2D eigenvalue weighted by Gasteiger charge is -2.29. The molecule has 1 fully saturated rings. The highest BCUT2D eigenvalue weighted by Crippen LogP contribution is 2.26. The largest absolute Gasteiger partial charge is 0.463 e. The standard InChI is InChI=1S/C30H36N2O9/c1-8-20-25(41-27(34)15(2)3)19(7)39-30(37)22(14-38-28(20)35)32-26(33)23-24(17(5)12-13-31-23)40-29(36)21-11-9-10-16(4)18(21)6/h9-13,15,19-20,22,25H,8,14H2,1-7H3,(H,32,33)/t19-,20+,22-,25-/m0/s1. The molecule has 1 saturated heterocycles. The van der Waals surface area contributed by atoms with Gasteiger partial charge in [-0.25, -0.2) is 14.6 Å². The Morgan fingerprint density at radius 3 is 2.44 bits per heavy atom. The molecule has 0 unspecified atom stereocenters. The lowest BCUT2D eigenvalue weighted by atomic mass is 9.95. The summed E-state index contributed by atoms with van der Waals surface area (Å²) in [5, 5.41) is 2.48. The normalized spacial score (nSPS) is 21.1. The number of aromatic nitrogens is 1. The van der Waals surface area contributed by atoms with Crippen molar-refractivity contribution >= 4 is 29.8 Å². The van der Waals surface area contributed by atoms with Crippen molar-refractivity contribution in [2.75, 3.05) is 6.61 Å².